The highest BCUT2D eigenvalue weighted by Gasteiger charge is 2.02. The fourth-order valence-electron chi connectivity index (χ4n) is 1.59. The summed E-state index contributed by atoms with van der Waals surface area (Å²) in [6.45, 7) is 1.72. The number of halogens is 1. The molecule has 0 bridgehead atoms. The van der Waals surface area contributed by atoms with Crippen molar-refractivity contribution in [3.8, 4) is 18.1 Å². The van der Waals surface area contributed by atoms with Gasteiger partial charge in [0.1, 0.15) is 5.75 Å². The predicted octanol–water partition coefficient (Wildman–Crippen LogP) is 3.24. The molecule has 0 heterocycles. The first-order valence-electron chi connectivity index (χ1n) is 5.74. The van der Waals surface area contributed by atoms with E-state index in [9.17, 15) is 0 Å². The van der Waals surface area contributed by atoms with Crippen molar-refractivity contribution in [2.24, 2.45) is 0 Å². The second-order valence-corrected chi connectivity index (χ2v) is 4.23. The number of hydrogen-bond donors (Lipinski definition) is 1. The molecule has 0 fully saturated rings. The molecule has 1 aromatic carbocycles. The van der Waals surface area contributed by atoms with E-state index in [2.05, 4.69) is 11.2 Å². The average molecular weight is 252 g/mol. The normalized spacial score (nSPS) is 9.94. The van der Waals surface area contributed by atoms with Gasteiger partial charge >= 0.3 is 0 Å². The highest BCUT2D eigenvalue weighted by Crippen LogP contribution is 2.22. The zero-order valence-corrected chi connectivity index (χ0v) is 10.9. The lowest BCUT2D eigenvalue weighted by atomic mass is 10.2. The average Bonchev–Trinajstić information content (AvgIpc) is 2.34. The summed E-state index contributed by atoms with van der Waals surface area (Å²) >= 11 is 5.95. The standard InChI is InChI=1S/C14H18ClNO/c1-3-4-5-6-9-16-11-12-10-13(15)7-8-14(12)17-2/h1,7-8,10,16H,4-6,9,11H2,2H3. The smallest absolute Gasteiger partial charge is 0.123 e. The van der Waals surface area contributed by atoms with Gasteiger partial charge in [-0.3, -0.25) is 0 Å². The molecular weight excluding hydrogens is 234 g/mol. The molecule has 0 radical (unpaired) electrons. The van der Waals surface area contributed by atoms with Gasteiger partial charge in [-0.05, 0) is 37.6 Å². The Morgan fingerprint density at radius 3 is 2.94 bits per heavy atom. The Morgan fingerprint density at radius 2 is 2.24 bits per heavy atom. The molecule has 0 aliphatic rings. The number of ether oxygens (including phenoxy) is 1. The topological polar surface area (TPSA) is 21.3 Å². The highest BCUT2D eigenvalue weighted by molar-refractivity contribution is 6.30. The van der Waals surface area contributed by atoms with Crippen LogP contribution >= 0.6 is 11.6 Å². The fourth-order valence-corrected chi connectivity index (χ4v) is 1.78. The number of nitrogens with one attached hydrogen (secondary N) is 1. The summed E-state index contributed by atoms with van der Waals surface area (Å²) in [6, 6.07) is 5.64. The van der Waals surface area contributed by atoms with Gasteiger partial charge in [-0.15, -0.1) is 12.3 Å². The van der Waals surface area contributed by atoms with Crippen molar-refractivity contribution in [1.29, 1.82) is 0 Å². The van der Waals surface area contributed by atoms with Crippen molar-refractivity contribution >= 4 is 11.6 Å². The van der Waals surface area contributed by atoms with Crippen molar-refractivity contribution in [3.05, 3.63) is 28.8 Å². The van der Waals surface area contributed by atoms with E-state index in [1.165, 1.54) is 0 Å². The lowest BCUT2D eigenvalue weighted by molar-refractivity contribution is 0.407. The van der Waals surface area contributed by atoms with Gasteiger partial charge in [0, 0.05) is 23.6 Å². The first-order chi connectivity index (χ1) is 8.27. The van der Waals surface area contributed by atoms with E-state index in [0.29, 0.717) is 0 Å². The molecule has 0 saturated carbocycles. The molecule has 92 valence electrons. The third-order valence-corrected chi connectivity index (χ3v) is 2.72. The SMILES string of the molecule is C#CCCCCNCc1cc(Cl)ccc1OC. The van der Waals surface area contributed by atoms with Gasteiger partial charge in [-0.2, -0.15) is 0 Å². The Morgan fingerprint density at radius 1 is 1.41 bits per heavy atom. The first kappa shape index (κ1) is 13.9. The summed E-state index contributed by atoms with van der Waals surface area (Å²) in [5.41, 5.74) is 1.08. The van der Waals surface area contributed by atoms with Crippen LogP contribution in [0.5, 0.6) is 5.75 Å². The van der Waals surface area contributed by atoms with Crippen LogP contribution in [0, 0.1) is 12.3 Å². The minimum atomic E-state index is 0.731. The maximum absolute atomic E-state index is 5.95. The van der Waals surface area contributed by atoms with Gasteiger partial charge in [-0.25, -0.2) is 0 Å². The summed E-state index contributed by atoms with van der Waals surface area (Å²) in [6.07, 6.45) is 8.19. The van der Waals surface area contributed by atoms with Gasteiger partial charge in [0.2, 0.25) is 0 Å². The molecule has 0 aliphatic carbocycles. The van der Waals surface area contributed by atoms with Crippen LogP contribution < -0.4 is 10.1 Å². The summed E-state index contributed by atoms with van der Waals surface area (Å²) in [4.78, 5) is 0. The van der Waals surface area contributed by atoms with Crippen molar-refractivity contribution in [1.82, 2.24) is 5.32 Å². The maximum atomic E-state index is 5.95. The Labute approximate surface area is 108 Å². The Balaban J connectivity index is 2.35. The molecule has 0 amide bonds. The van der Waals surface area contributed by atoms with Crippen LogP contribution in [0.3, 0.4) is 0 Å². The summed E-state index contributed by atoms with van der Waals surface area (Å²) < 4.78 is 5.27. The second kappa shape index (κ2) is 8.00. The van der Waals surface area contributed by atoms with Crippen molar-refractivity contribution < 1.29 is 4.74 Å². The number of rotatable bonds is 7. The minimum absolute atomic E-state index is 0.731. The monoisotopic (exact) mass is 251 g/mol. The van der Waals surface area contributed by atoms with Crippen LogP contribution in [0.2, 0.25) is 5.02 Å². The van der Waals surface area contributed by atoms with Crippen molar-refractivity contribution in [2.75, 3.05) is 13.7 Å². The lowest BCUT2D eigenvalue weighted by Crippen LogP contribution is -2.15. The van der Waals surface area contributed by atoms with E-state index in [4.69, 9.17) is 22.8 Å². The predicted molar refractivity (Wildman–Crippen MR) is 72.4 cm³/mol. The van der Waals surface area contributed by atoms with Crippen LogP contribution in [-0.2, 0) is 6.54 Å². The third-order valence-electron chi connectivity index (χ3n) is 2.48. The van der Waals surface area contributed by atoms with Crippen molar-refractivity contribution in [3.63, 3.8) is 0 Å². The maximum Gasteiger partial charge on any atom is 0.123 e. The molecule has 0 saturated heterocycles. The molecule has 1 aromatic rings. The summed E-state index contributed by atoms with van der Waals surface area (Å²) in [5.74, 6) is 3.50. The second-order valence-electron chi connectivity index (χ2n) is 3.79. The van der Waals surface area contributed by atoms with Crippen LogP contribution in [0.25, 0.3) is 0 Å². The molecule has 0 unspecified atom stereocenters. The van der Waals surface area contributed by atoms with Gasteiger partial charge < -0.3 is 10.1 Å². The van der Waals surface area contributed by atoms with Crippen LogP contribution in [-0.4, -0.2) is 13.7 Å². The van der Waals surface area contributed by atoms with E-state index in [1.807, 2.05) is 18.2 Å². The van der Waals surface area contributed by atoms with Crippen LogP contribution in [0.1, 0.15) is 24.8 Å². The third kappa shape index (κ3) is 5.12. The van der Waals surface area contributed by atoms with E-state index in [0.717, 1.165) is 48.7 Å². The Bertz CT molecular complexity index is 384. The molecule has 0 aromatic heterocycles. The van der Waals surface area contributed by atoms with Crippen LogP contribution in [0.15, 0.2) is 18.2 Å². The zero-order valence-electron chi connectivity index (χ0n) is 10.1. The molecule has 0 atom stereocenters. The number of benzene rings is 1. The van der Waals surface area contributed by atoms with Crippen molar-refractivity contribution in [2.45, 2.75) is 25.8 Å². The van der Waals surface area contributed by atoms with Gasteiger partial charge in [0.05, 0.1) is 7.11 Å². The number of hydrogen-bond acceptors (Lipinski definition) is 2. The zero-order chi connectivity index (χ0) is 12.5. The largest absolute Gasteiger partial charge is 0.496 e. The highest BCUT2D eigenvalue weighted by atomic mass is 35.5. The van der Waals surface area contributed by atoms with Gasteiger partial charge in [-0.1, -0.05) is 11.6 Å². The molecule has 3 heteroatoms. The van der Waals surface area contributed by atoms with Gasteiger partial charge in [0.15, 0.2) is 0 Å². The molecule has 0 aliphatic heterocycles. The lowest BCUT2D eigenvalue weighted by Gasteiger charge is -2.09. The van der Waals surface area contributed by atoms with E-state index < -0.39 is 0 Å². The Kier molecular flexibility index (Phi) is 6.54. The molecule has 0 spiro atoms. The fraction of sp³-hybridized carbons (Fsp3) is 0.429. The number of methoxy groups -OCH3 is 1. The summed E-state index contributed by atoms with van der Waals surface area (Å²) in [7, 11) is 1.67. The van der Waals surface area contributed by atoms with Gasteiger partial charge in [0.25, 0.3) is 0 Å². The van der Waals surface area contributed by atoms with E-state index in [-0.39, 0.29) is 0 Å². The number of unbranched alkanes of at least 4 members (excludes halogenated alkanes) is 2. The van der Waals surface area contributed by atoms with E-state index >= 15 is 0 Å². The Hall–Kier alpha value is -1.17. The molecular formula is C14H18ClNO. The molecule has 1 N–H and O–H groups in total. The van der Waals surface area contributed by atoms with E-state index in [1.54, 1.807) is 7.11 Å². The minimum Gasteiger partial charge on any atom is -0.496 e. The molecule has 2 nitrogen and oxygen atoms in total. The quantitative estimate of drug-likeness (QED) is 0.593. The van der Waals surface area contributed by atoms with Crippen LogP contribution in [0.4, 0.5) is 0 Å². The molecule has 17 heavy (non-hydrogen) atoms. The first-order valence-corrected chi connectivity index (χ1v) is 6.12. The molecule has 1 rings (SSSR count). The number of terminal acetylenes is 1. The summed E-state index contributed by atoms with van der Waals surface area (Å²) in [5, 5.41) is 4.09.